The summed E-state index contributed by atoms with van der Waals surface area (Å²) in [7, 11) is 0. The molecule has 21 heavy (non-hydrogen) atoms. The summed E-state index contributed by atoms with van der Waals surface area (Å²) in [5.41, 5.74) is 3.79. The van der Waals surface area contributed by atoms with Gasteiger partial charge >= 0.3 is 0 Å². The zero-order valence-corrected chi connectivity index (χ0v) is 13.2. The zero-order valence-electron chi connectivity index (χ0n) is 13.2. The van der Waals surface area contributed by atoms with Gasteiger partial charge in [-0.2, -0.15) is 0 Å². The monoisotopic (exact) mass is 283 g/mol. The Morgan fingerprint density at radius 1 is 0.952 bits per heavy atom. The fourth-order valence-electron chi connectivity index (χ4n) is 2.24. The molecule has 0 aromatic heterocycles. The van der Waals surface area contributed by atoms with Crippen LogP contribution < -0.4 is 10.1 Å². The van der Waals surface area contributed by atoms with Crippen LogP contribution in [0.3, 0.4) is 0 Å². The molecule has 2 heteroatoms. The normalized spacial score (nSPS) is 12.0. The molecule has 0 spiro atoms. The van der Waals surface area contributed by atoms with E-state index in [1.807, 2.05) is 12.1 Å². The standard InChI is InChI=1S/C19H25NO/c1-4-14-21-19-12-8-17(9-13-19)15(3)20-18-10-6-16(5-2)7-11-18/h6-13,15,20H,4-5,14H2,1-3H3. The molecule has 2 nitrogen and oxygen atoms in total. The Hall–Kier alpha value is -1.96. The molecule has 1 unspecified atom stereocenters. The quantitative estimate of drug-likeness (QED) is 0.753. The minimum Gasteiger partial charge on any atom is -0.494 e. The maximum absolute atomic E-state index is 5.61. The number of benzene rings is 2. The highest BCUT2D eigenvalue weighted by molar-refractivity contribution is 5.47. The molecule has 2 aromatic carbocycles. The number of hydrogen-bond acceptors (Lipinski definition) is 2. The average Bonchev–Trinajstić information content (AvgIpc) is 2.54. The molecule has 0 saturated carbocycles. The van der Waals surface area contributed by atoms with Crippen molar-refractivity contribution in [2.45, 2.75) is 39.7 Å². The molecule has 0 bridgehead atoms. The summed E-state index contributed by atoms with van der Waals surface area (Å²) in [6.45, 7) is 7.24. The SMILES string of the molecule is CCCOc1ccc(C(C)Nc2ccc(CC)cc2)cc1. The van der Waals surface area contributed by atoms with Gasteiger partial charge in [0.1, 0.15) is 5.75 Å². The third kappa shape index (κ3) is 4.52. The lowest BCUT2D eigenvalue weighted by molar-refractivity contribution is 0.317. The van der Waals surface area contributed by atoms with Crippen LogP contribution in [-0.4, -0.2) is 6.61 Å². The first kappa shape index (κ1) is 15.4. The third-order valence-corrected chi connectivity index (χ3v) is 3.60. The highest BCUT2D eigenvalue weighted by Gasteiger charge is 2.05. The molecule has 0 aliphatic rings. The lowest BCUT2D eigenvalue weighted by Crippen LogP contribution is -2.06. The van der Waals surface area contributed by atoms with E-state index in [0.717, 1.165) is 30.9 Å². The van der Waals surface area contributed by atoms with Crippen LogP contribution in [0.4, 0.5) is 5.69 Å². The van der Waals surface area contributed by atoms with Crippen molar-refractivity contribution in [2.24, 2.45) is 0 Å². The molecule has 2 rings (SSSR count). The average molecular weight is 283 g/mol. The first-order chi connectivity index (χ1) is 10.2. The fourth-order valence-corrected chi connectivity index (χ4v) is 2.24. The lowest BCUT2D eigenvalue weighted by atomic mass is 10.1. The van der Waals surface area contributed by atoms with Gasteiger partial charge in [0.15, 0.2) is 0 Å². The van der Waals surface area contributed by atoms with Crippen LogP contribution in [0.5, 0.6) is 5.75 Å². The van der Waals surface area contributed by atoms with E-state index in [-0.39, 0.29) is 6.04 Å². The van der Waals surface area contributed by atoms with Gasteiger partial charge in [-0.25, -0.2) is 0 Å². The molecule has 0 heterocycles. The minimum absolute atomic E-state index is 0.276. The predicted octanol–water partition coefficient (Wildman–Crippen LogP) is 5.21. The molecule has 0 saturated heterocycles. The summed E-state index contributed by atoms with van der Waals surface area (Å²) < 4.78 is 5.61. The third-order valence-electron chi connectivity index (χ3n) is 3.60. The Balaban J connectivity index is 1.96. The summed E-state index contributed by atoms with van der Waals surface area (Å²) in [6, 6.07) is 17.3. The second-order valence-corrected chi connectivity index (χ2v) is 5.33. The highest BCUT2D eigenvalue weighted by atomic mass is 16.5. The van der Waals surface area contributed by atoms with Crippen molar-refractivity contribution in [2.75, 3.05) is 11.9 Å². The second kappa shape index (κ2) is 7.72. The Labute approximate surface area is 128 Å². The van der Waals surface area contributed by atoms with Crippen LogP contribution in [0.2, 0.25) is 0 Å². The Morgan fingerprint density at radius 3 is 2.19 bits per heavy atom. The summed E-state index contributed by atoms with van der Waals surface area (Å²) in [5.74, 6) is 0.945. The number of aryl methyl sites for hydroxylation is 1. The van der Waals surface area contributed by atoms with Crippen molar-refractivity contribution in [3.63, 3.8) is 0 Å². The molecule has 0 aliphatic heterocycles. The summed E-state index contributed by atoms with van der Waals surface area (Å²) in [5, 5.41) is 3.53. The molecular formula is C19H25NO. The van der Waals surface area contributed by atoms with Gasteiger partial charge in [-0.15, -0.1) is 0 Å². The highest BCUT2D eigenvalue weighted by Crippen LogP contribution is 2.22. The van der Waals surface area contributed by atoms with Gasteiger partial charge in [0.05, 0.1) is 6.61 Å². The van der Waals surface area contributed by atoms with Crippen LogP contribution in [-0.2, 0) is 6.42 Å². The number of hydrogen-bond donors (Lipinski definition) is 1. The Morgan fingerprint density at radius 2 is 1.62 bits per heavy atom. The van der Waals surface area contributed by atoms with Crippen LogP contribution in [0.15, 0.2) is 48.5 Å². The molecule has 0 radical (unpaired) electrons. The number of ether oxygens (including phenoxy) is 1. The first-order valence-electron chi connectivity index (χ1n) is 7.81. The van der Waals surface area contributed by atoms with Crippen molar-refractivity contribution in [3.8, 4) is 5.75 Å². The predicted molar refractivity (Wildman–Crippen MR) is 90.1 cm³/mol. The van der Waals surface area contributed by atoms with Crippen LogP contribution in [0.25, 0.3) is 0 Å². The largest absolute Gasteiger partial charge is 0.494 e. The molecular weight excluding hydrogens is 258 g/mol. The molecule has 0 amide bonds. The zero-order chi connectivity index (χ0) is 15.1. The van der Waals surface area contributed by atoms with Crippen LogP contribution in [0, 0.1) is 0 Å². The van der Waals surface area contributed by atoms with E-state index in [4.69, 9.17) is 4.74 Å². The van der Waals surface area contributed by atoms with Crippen molar-refractivity contribution < 1.29 is 4.74 Å². The van der Waals surface area contributed by atoms with Crippen LogP contribution in [0.1, 0.15) is 44.4 Å². The molecule has 0 fully saturated rings. The van der Waals surface area contributed by atoms with Crippen molar-refractivity contribution in [1.82, 2.24) is 0 Å². The van der Waals surface area contributed by atoms with Gasteiger partial charge in [-0.1, -0.05) is 38.1 Å². The van der Waals surface area contributed by atoms with E-state index in [0.29, 0.717) is 0 Å². The van der Waals surface area contributed by atoms with Gasteiger partial charge in [-0.3, -0.25) is 0 Å². The molecule has 112 valence electrons. The van der Waals surface area contributed by atoms with E-state index in [1.165, 1.54) is 11.1 Å². The fraction of sp³-hybridized carbons (Fsp3) is 0.368. The second-order valence-electron chi connectivity index (χ2n) is 5.33. The molecule has 0 aliphatic carbocycles. The number of rotatable bonds is 7. The van der Waals surface area contributed by atoms with E-state index >= 15 is 0 Å². The lowest BCUT2D eigenvalue weighted by Gasteiger charge is -2.16. The van der Waals surface area contributed by atoms with Crippen molar-refractivity contribution in [1.29, 1.82) is 0 Å². The molecule has 2 aromatic rings. The van der Waals surface area contributed by atoms with Gasteiger partial charge in [0, 0.05) is 11.7 Å². The van der Waals surface area contributed by atoms with E-state index in [1.54, 1.807) is 0 Å². The topological polar surface area (TPSA) is 21.3 Å². The van der Waals surface area contributed by atoms with Gasteiger partial charge in [0.25, 0.3) is 0 Å². The Kier molecular flexibility index (Phi) is 5.68. The summed E-state index contributed by atoms with van der Waals surface area (Å²) >= 11 is 0. The smallest absolute Gasteiger partial charge is 0.119 e. The molecule has 1 N–H and O–H groups in total. The molecule has 1 atom stereocenters. The number of anilines is 1. The van der Waals surface area contributed by atoms with E-state index < -0.39 is 0 Å². The van der Waals surface area contributed by atoms with Crippen molar-refractivity contribution in [3.05, 3.63) is 59.7 Å². The minimum atomic E-state index is 0.276. The van der Waals surface area contributed by atoms with Gasteiger partial charge in [-0.05, 0) is 55.2 Å². The van der Waals surface area contributed by atoms with E-state index in [9.17, 15) is 0 Å². The van der Waals surface area contributed by atoms with Gasteiger partial charge < -0.3 is 10.1 Å². The maximum Gasteiger partial charge on any atom is 0.119 e. The summed E-state index contributed by atoms with van der Waals surface area (Å²) in [4.78, 5) is 0. The number of nitrogens with one attached hydrogen (secondary N) is 1. The Bertz CT molecular complexity index is 530. The van der Waals surface area contributed by atoms with Crippen molar-refractivity contribution >= 4 is 5.69 Å². The van der Waals surface area contributed by atoms with E-state index in [2.05, 4.69) is 62.5 Å². The van der Waals surface area contributed by atoms with Crippen LogP contribution >= 0.6 is 0 Å². The van der Waals surface area contributed by atoms with Gasteiger partial charge in [0.2, 0.25) is 0 Å². The summed E-state index contributed by atoms with van der Waals surface area (Å²) in [6.07, 6.45) is 2.11. The first-order valence-corrected chi connectivity index (χ1v) is 7.81. The maximum atomic E-state index is 5.61.